The van der Waals surface area contributed by atoms with Gasteiger partial charge < -0.3 is 20.4 Å². The third kappa shape index (κ3) is 3.67. The average Bonchev–Trinajstić information content (AvgIpc) is 2.27. The lowest BCUT2D eigenvalue weighted by atomic mass is 10.1. The van der Waals surface area contributed by atoms with Crippen molar-refractivity contribution in [3.8, 4) is 11.5 Å². The topological polar surface area (TPSA) is 115 Å². The molecule has 0 heterocycles. The monoisotopic (exact) mass is 250 g/mol. The van der Waals surface area contributed by atoms with Crippen molar-refractivity contribution in [3.05, 3.63) is 41.7 Å². The number of ketones is 1. The molecule has 6 heteroatoms. The Morgan fingerprint density at radius 3 is 2.33 bits per heavy atom. The molecule has 1 aromatic rings. The second-order valence-corrected chi connectivity index (χ2v) is 3.31. The standard InChI is InChI=1S/C12H10O6/c13-8-3-1-7(10(15)5-8)2-4-9(14)6-11(16)12(17)18/h1-6,13,15-16H,(H,17,18)/b4-2+,11-6+. The van der Waals surface area contributed by atoms with Crippen LogP contribution in [0.1, 0.15) is 5.56 Å². The summed E-state index contributed by atoms with van der Waals surface area (Å²) in [4.78, 5) is 21.4. The Morgan fingerprint density at radius 1 is 1.11 bits per heavy atom. The lowest BCUT2D eigenvalue weighted by Gasteiger charge is -1.98. The molecule has 1 aromatic carbocycles. The molecule has 0 atom stereocenters. The zero-order valence-corrected chi connectivity index (χ0v) is 9.07. The van der Waals surface area contributed by atoms with Gasteiger partial charge in [-0.15, -0.1) is 0 Å². The largest absolute Gasteiger partial charge is 0.508 e. The Hall–Kier alpha value is -2.76. The fourth-order valence-electron chi connectivity index (χ4n) is 1.09. The molecule has 6 nitrogen and oxygen atoms in total. The van der Waals surface area contributed by atoms with Gasteiger partial charge in [-0.25, -0.2) is 4.79 Å². The van der Waals surface area contributed by atoms with Crippen molar-refractivity contribution in [3.63, 3.8) is 0 Å². The van der Waals surface area contributed by atoms with E-state index in [1.165, 1.54) is 18.2 Å². The van der Waals surface area contributed by atoms with Crippen LogP contribution in [0.3, 0.4) is 0 Å². The number of benzene rings is 1. The first kappa shape index (κ1) is 13.3. The minimum absolute atomic E-state index is 0.126. The van der Waals surface area contributed by atoms with Crippen LogP contribution in [0, 0.1) is 0 Å². The van der Waals surface area contributed by atoms with Crippen LogP contribution < -0.4 is 0 Å². The number of carbonyl (C=O) groups excluding carboxylic acids is 1. The number of rotatable bonds is 4. The minimum Gasteiger partial charge on any atom is -0.508 e. The fraction of sp³-hybridized carbons (Fsp3) is 0. The number of aliphatic hydroxyl groups excluding tert-OH is 1. The van der Waals surface area contributed by atoms with Gasteiger partial charge in [0.05, 0.1) is 0 Å². The number of carboxylic acid groups (broad SMARTS) is 1. The van der Waals surface area contributed by atoms with Gasteiger partial charge in [0.15, 0.2) is 5.78 Å². The van der Waals surface area contributed by atoms with Crippen molar-refractivity contribution in [2.45, 2.75) is 0 Å². The van der Waals surface area contributed by atoms with E-state index in [1.807, 2.05) is 0 Å². The van der Waals surface area contributed by atoms with Gasteiger partial charge in [0.2, 0.25) is 5.76 Å². The third-order valence-corrected chi connectivity index (χ3v) is 1.94. The number of aliphatic carboxylic acids is 1. The summed E-state index contributed by atoms with van der Waals surface area (Å²) in [7, 11) is 0. The first-order valence-electron chi connectivity index (χ1n) is 4.78. The highest BCUT2D eigenvalue weighted by Gasteiger charge is 2.05. The van der Waals surface area contributed by atoms with Crippen LogP contribution in [0.25, 0.3) is 6.08 Å². The maximum absolute atomic E-state index is 11.2. The van der Waals surface area contributed by atoms with Gasteiger partial charge in [-0.05, 0) is 24.3 Å². The molecule has 0 saturated carbocycles. The van der Waals surface area contributed by atoms with Crippen molar-refractivity contribution < 1.29 is 30.0 Å². The van der Waals surface area contributed by atoms with Crippen LogP contribution in [-0.2, 0) is 9.59 Å². The maximum Gasteiger partial charge on any atom is 0.371 e. The molecule has 18 heavy (non-hydrogen) atoms. The number of aliphatic hydroxyl groups is 1. The Labute approximate surface area is 102 Å². The summed E-state index contributed by atoms with van der Waals surface area (Å²) in [5.41, 5.74) is 0.268. The first-order valence-corrected chi connectivity index (χ1v) is 4.78. The molecule has 0 radical (unpaired) electrons. The predicted octanol–water partition coefficient (Wildman–Crippen LogP) is 1.21. The summed E-state index contributed by atoms with van der Waals surface area (Å²) in [6.07, 6.45) is 2.74. The molecule has 0 saturated heterocycles. The number of carboxylic acids is 1. The van der Waals surface area contributed by atoms with E-state index >= 15 is 0 Å². The van der Waals surface area contributed by atoms with E-state index in [0.717, 1.165) is 12.1 Å². The van der Waals surface area contributed by atoms with Crippen LogP contribution >= 0.6 is 0 Å². The molecular weight excluding hydrogens is 240 g/mol. The molecule has 1 rings (SSSR count). The maximum atomic E-state index is 11.2. The summed E-state index contributed by atoms with van der Waals surface area (Å²) in [5, 5.41) is 35.6. The summed E-state index contributed by atoms with van der Waals surface area (Å²) in [6.45, 7) is 0. The van der Waals surface area contributed by atoms with Gasteiger partial charge in [0.1, 0.15) is 11.5 Å². The average molecular weight is 250 g/mol. The van der Waals surface area contributed by atoms with Crippen LogP contribution in [0.5, 0.6) is 11.5 Å². The smallest absolute Gasteiger partial charge is 0.371 e. The van der Waals surface area contributed by atoms with Crippen LogP contribution in [0.4, 0.5) is 0 Å². The Kier molecular flexibility index (Phi) is 4.09. The van der Waals surface area contributed by atoms with Crippen molar-refractivity contribution in [1.82, 2.24) is 0 Å². The molecule has 0 amide bonds. The van der Waals surface area contributed by atoms with Crippen LogP contribution in [0.15, 0.2) is 36.1 Å². The molecule has 0 unspecified atom stereocenters. The van der Waals surface area contributed by atoms with E-state index in [9.17, 15) is 14.7 Å². The second-order valence-electron chi connectivity index (χ2n) is 3.31. The summed E-state index contributed by atoms with van der Waals surface area (Å²) < 4.78 is 0. The number of phenols is 2. The van der Waals surface area contributed by atoms with Crippen LogP contribution in [-0.4, -0.2) is 32.2 Å². The van der Waals surface area contributed by atoms with E-state index in [0.29, 0.717) is 6.08 Å². The van der Waals surface area contributed by atoms with E-state index in [-0.39, 0.29) is 17.1 Å². The summed E-state index contributed by atoms with van der Waals surface area (Å²) in [6, 6.07) is 3.78. The number of allylic oxidation sites excluding steroid dienone is 2. The number of phenolic OH excluding ortho intramolecular Hbond substituents is 2. The van der Waals surface area contributed by atoms with Crippen LogP contribution in [0.2, 0.25) is 0 Å². The van der Waals surface area contributed by atoms with Crippen molar-refractivity contribution in [2.24, 2.45) is 0 Å². The lowest BCUT2D eigenvalue weighted by Crippen LogP contribution is -2.01. The highest BCUT2D eigenvalue weighted by atomic mass is 16.4. The van der Waals surface area contributed by atoms with Gasteiger partial charge in [-0.1, -0.05) is 0 Å². The van der Waals surface area contributed by atoms with Gasteiger partial charge in [-0.2, -0.15) is 0 Å². The molecule has 0 aliphatic rings. The zero-order chi connectivity index (χ0) is 13.7. The lowest BCUT2D eigenvalue weighted by molar-refractivity contribution is -0.135. The Morgan fingerprint density at radius 2 is 1.78 bits per heavy atom. The van der Waals surface area contributed by atoms with Gasteiger partial charge in [0.25, 0.3) is 0 Å². The minimum atomic E-state index is -1.61. The highest BCUT2D eigenvalue weighted by molar-refractivity contribution is 6.05. The molecule has 0 aliphatic heterocycles. The first-order chi connectivity index (χ1) is 8.40. The molecule has 0 aliphatic carbocycles. The van der Waals surface area contributed by atoms with E-state index < -0.39 is 17.5 Å². The normalized spacial score (nSPS) is 11.7. The number of hydrogen-bond donors (Lipinski definition) is 4. The molecule has 0 fully saturated rings. The number of aromatic hydroxyl groups is 2. The molecular formula is C12H10O6. The molecule has 94 valence electrons. The fourth-order valence-corrected chi connectivity index (χ4v) is 1.09. The number of hydrogen-bond acceptors (Lipinski definition) is 5. The van der Waals surface area contributed by atoms with Gasteiger partial charge >= 0.3 is 5.97 Å². The highest BCUT2D eigenvalue weighted by Crippen LogP contribution is 2.23. The van der Waals surface area contributed by atoms with E-state index in [4.69, 9.17) is 15.3 Å². The molecule has 4 N–H and O–H groups in total. The summed E-state index contributed by atoms with van der Waals surface area (Å²) >= 11 is 0. The number of carbonyl (C=O) groups is 2. The Balaban J connectivity index is 2.84. The summed E-state index contributed by atoms with van der Waals surface area (Å²) in [5.74, 6) is -3.78. The molecule has 0 spiro atoms. The van der Waals surface area contributed by atoms with Crippen molar-refractivity contribution in [1.29, 1.82) is 0 Å². The predicted molar refractivity (Wildman–Crippen MR) is 62.2 cm³/mol. The quantitative estimate of drug-likeness (QED) is 0.471. The second kappa shape index (κ2) is 5.53. The SMILES string of the molecule is O=C(/C=C/c1ccc(O)cc1O)/C=C(/O)C(=O)O. The van der Waals surface area contributed by atoms with E-state index in [1.54, 1.807) is 0 Å². The Bertz CT molecular complexity index is 541. The third-order valence-electron chi connectivity index (χ3n) is 1.94. The van der Waals surface area contributed by atoms with E-state index in [2.05, 4.69) is 0 Å². The molecule has 0 aromatic heterocycles. The van der Waals surface area contributed by atoms with Gasteiger partial charge in [-0.3, -0.25) is 4.79 Å². The van der Waals surface area contributed by atoms with Gasteiger partial charge in [0, 0.05) is 17.7 Å². The van der Waals surface area contributed by atoms with Crippen molar-refractivity contribution in [2.75, 3.05) is 0 Å². The van der Waals surface area contributed by atoms with Crippen molar-refractivity contribution >= 4 is 17.8 Å². The zero-order valence-electron chi connectivity index (χ0n) is 9.07. The molecule has 0 bridgehead atoms.